The van der Waals surface area contributed by atoms with Crippen LogP contribution in [0.2, 0.25) is 0 Å². The highest BCUT2D eigenvalue weighted by Gasteiger charge is 2.45. The number of aliphatic hydroxyl groups is 1. The summed E-state index contributed by atoms with van der Waals surface area (Å²) >= 11 is 0. The average Bonchev–Trinajstić information content (AvgIpc) is 2.82. The number of anilines is 1. The molecule has 22 heavy (non-hydrogen) atoms. The first kappa shape index (κ1) is 15.2. The molecule has 0 bridgehead atoms. The van der Waals surface area contributed by atoms with Crippen LogP contribution in [0.3, 0.4) is 0 Å². The highest BCUT2D eigenvalue weighted by molar-refractivity contribution is 7.46. The van der Waals surface area contributed by atoms with E-state index in [9.17, 15) is 9.67 Å². The molecule has 0 aliphatic carbocycles. The van der Waals surface area contributed by atoms with Gasteiger partial charge in [0.05, 0.1) is 31.6 Å². The van der Waals surface area contributed by atoms with E-state index in [-0.39, 0.29) is 19.0 Å². The zero-order valence-corrected chi connectivity index (χ0v) is 11.9. The van der Waals surface area contributed by atoms with Crippen LogP contribution < -0.4 is 5.73 Å². The molecule has 120 valence electrons. The minimum absolute atomic E-state index is 0.116. The van der Waals surface area contributed by atoms with Crippen LogP contribution in [0.25, 0.3) is 11.2 Å². The van der Waals surface area contributed by atoms with Crippen LogP contribution in [0.1, 0.15) is 6.23 Å². The van der Waals surface area contributed by atoms with Gasteiger partial charge in [0.1, 0.15) is 6.23 Å². The lowest BCUT2D eigenvalue weighted by Crippen LogP contribution is -2.49. The van der Waals surface area contributed by atoms with E-state index in [1.807, 2.05) is 0 Å². The number of rotatable bonds is 5. The van der Waals surface area contributed by atoms with Gasteiger partial charge in [-0.05, 0) is 5.21 Å². The molecule has 13 heteroatoms. The molecule has 0 radical (unpaired) electrons. The summed E-state index contributed by atoms with van der Waals surface area (Å²) < 4.78 is 22.1. The molecule has 1 aliphatic heterocycles. The number of nitrogens with two attached hydrogens (primary N) is 1. The van der Waals surface area contributed by atoms with Crippen LogP contribution >= 0.6 is 7.82 Å². The van der Waals surface area contributed by atoms with Gasteiger partial charge in [-0.2, -0.15) is 0 Å². The van der Waals surface area contributed by atoms with Gasteiger partial charge in [0.15, 0.2) is 17.0 Å². The fraction of sp³-hybridized carbons (Fsp3) is 0.556. The molecule has 0 amide bonds. The van der Waals surface area contributed by atoms with Crippen LogP contribution in [-0.4, -0.2) is 59.2 Å². The zero-order valence-electron chi connectivity index (χ0n) is 11.1. The second kappa shape index (κ2) is 5.50. The molecule has 12 nitrogen and oxygen atoms in total. The lowest BCUT2D eigenvalue weighted by atomic mass is 9.95. The van der Waals surface area contributed by atoms with Crippen molar-refractivity contribution in [3.05, 3.63) is 6.33 Å². The van der Waals surface area contributed by atoms with Crippen molar-refractivity contribution >= 4 is 24.8 Å². The normalized spacial score (nSPS) is 25.3. The van der Waals surface area contributed by atoms with Gasteiger partial charge in [0.2, 0.25) is 0 Å². The van der Waals surface area contributed by atoms with E-state index >= 15 is 0 Å². The largest absolute Gasteiger partial charge is 0.469 e. The zero-order chi connectivity index (χ0) is 15.9. The second-order valence-electron chi connectivity index (χ2n) is 4.70. The van der Waals surface area contributed by atoms with Crippen molar-refractivity contribution in [1.82, 2.24) is 25.0 Å². The molecule has 1 aliphatic rings. The molecule has 0 spiro atoms. The van der Waals surface area contributed by atoms with E-state index in [1.54, 1.807) is 0 Å². The number of phosphoric ester groups is 1. The van der Waals surface area contributed by atoms with Crippen LogP contribution in [-0.2, 0) is 13.8 Å². The molecule has 0 unspecified atom stereocenters. The summed E-state index contributed by atoms with van der Waals surface area (Å²) in [6.45, 7) is -0.610. The number of imidazole rings is 1. The van der Waals surface area contributed by atoms with Crippen LogP contribution in [0.5, 0.6) is 0 Å². The quantitative estimate of drug-likeness (QED) is 0.464. The number of ether oxygens (including phenoxy) is 1. The Kier molecular flexibility index (Phi) is 3.80. The molecule has 0 aromatic carbocycles. The summed E-state index contributed by atoms with van der Waals surface area (Å²) in [4.78, 5) is 21.4. The van der Waals surface area contributed by atoms with Gasteiger partial charge in [-0.15, -0.1) is 10.2 Å². The summed E-state index contributed by atoms with van der Waals surface area (Å²) in [5, 5.41) is 20.3. The number of aromatic nitrogens is 5. The van der Waals surface area contributed by atoms with E-state index in [2.05, 4.69) is 24.9 Å². The molecule has 1 fully saturated rings. The van der Waals surface area contributed by atoms with Gasteiger partial charge in [0, 0.05) is 0 Å². The standard InChI is InChI=1S/C9H13N6O6P/c10-7-6-8(13-14-12-7)15(3-11-6)9-4(1-16)5(21-9)2-20-22(17,18)19/h3-5,9,16H,1-2H2,(H2,10,12,13)(H2,17,18,19)/t4-,5-,9+/m0/s1. The lowest BCUT2D eigenvalue weighted by Gasteiger charge is -2.43. The summed E-state index contributed by atoms with van der Waals surface area (Å²) in [7, 11) is -4.59. The van der Waals surface area contributed by atoms with Gasteiger partial charge < -0.3 is 25.4 Å². The summed E-state index contributed by atoms with van der Waals surface area (Å²) in [6, 6.07) is 0. The Morgan fingerprint density at radius 3 is 2.91 bits per heavy atom. The minimum atomic E-state index is -4.59. The fourth-order valence-corrected chi connectivity index (χ4v) is 2.61. The molecule has 2 aromatic heterocycles. The number of hydrogen-bond donors (Lipinski definition) is 4. The first-order valence-corrected chi connectivity index (χ1v) is 7.71. The van der Waals surface area contributed by atoms with Crippen LogP contribution in [0, 0.1) is 5.92 Å². The first-order valence-electron chi connectivity index (χ1n) is 6.18. The smallest absolute Gasteiger partial charge is 0.396 e. The number of nitrogens with zero attached hydrogens (tertiary/aromatic N) is 5. The summed E-state index contributed by atoms with van der Waals surface area (Å²) in [6.07, 6.45) is 0.147. The van der Waals surface area contributed by atoms with Crippen molar-refractivity contribution in [3.8, 4) is 0 Å². The number of fused-ring (bicyclic) bond motifs is 1. The highest BCUT2D eigenvalue weighted by Crippen LogP contribution is 2.42. The Bertz CT molecular complexity index is 732. The van der Waals surface area contributed by atoms with Crippen molar-refractivity contribution in [2.75, 3.05) is 18.9 Å². The lowest BCUT2D eigenvalue weighted by molar-refractivity contribution is -0.242. The third-order valence-electron chi connectivity index (χ3n) is 3.35. The molecule has 3 heterocycles. The predicted octanol–water partition coefficient (Wildman–Crippen LogP) is -1.58. The maximum atomic E-state index is 10.7. The van der Waals surface area contributed by atoms with Gasteiger partial charge in [-0.3, -0.25) is 9.09 Å². The average molecular weight is 332 g/mol. The van der Waals surface area contributed by atoms with Gasteiger partial charge in [-0.25, -0.2) is 9.55 Å². The number of phosphoric acid groups is 1. The summed E-state index contributed by atoms with van der Waals surface area (Å²) in [5.74, 6) is -0.329. The Balaban J connectivity index is 1.78. The SMILES string of the molecule is Nc1nnnc2c1ncn2[C@@H]1O[C@@H](COP(=O)(O)O)[C@@H]1CO. The predicted molar refractivity (Wildman–Crippen MR) is 70.0 cm³/mol. The van der Waals surface area contributed by atoms with Crippen LogP contribution in [0.15, 0.2) is 6.33 Å². The van der Waals surface area contributed by atoms with Crippen molar-refractivity contribution in [2.24, 2.45) is 5.92 Å². The van der Waals surface area contributed by atoms with Crippen LogP contribution in [0.4, 0.5) is 5.82 Å². The van der Waals surface area contributed by atoms with E-state index in [0.29, 0.717) is 11.2 Å². The molecule has 3 atom stereocenters. The molecule has 0 saturated carbocycles. The Morgan fingerprint density at radius 1 is 1.45 bits per heavy atom. The monoisotopic (exact) mass is 332 g/mol. The second-order valence-corrected chi connectivity index (χ2v) is 5.94. The molecular formula is C9H13N6O6P. The molecular weight excluding hydrogens is 319 g/mol. The highest BCUT2D eigenvalue weighted by atomic mass is 31.2. The van der Waals surface area contributed by atoms with Crippen molar-refractivity contribution < 1.29 is 28.7 Å². The molecule has 3 rings (SSSR count). The Hall–Kier alpha value is -1.69. The Morgan fingerprint density at radius 2 is 2.23 bits per heavy atom. The molecule has 1 saturated heterocycles. The van der Waals surface area contributed by atoms with Gasteiger partial charge >= 0.3 is 7.82 Å². The van der Waals surface area contributed by atoms with E-state index < -0.39 is 26.1 Å². The third-order valence-corrected chi connectivity index (χ3v) is 3.84. The van der Waals surface area contributed by atoms with E-state index in [1.165, 1.54) is 10.9 Å². The minimum Gasteiger partial charge on any atom is -0.396 e. The van der Waals surface area contributed by atoms with Crippen molar-refractivity contribution in [3.63, 3.8) is 0 Å². The van der Waals surface area contributed by atoms with Crippen molar-refractivity contribution in [2.45, 2.75) is 12.3 Å². The van der Waals surface area contributed by atoms with E-state index in [0.717, 1.165) is 0 Å². The number of nitrogen functional groups attached to an aromatic ring is 1. The molecule has 2 aromatic rings. The first-order chi connectivity index (χ1) is 10.4. The van der Waals surface area contributed by atoms with Gasteiger partial charge in [0.25, 0.3) is 0 Å². The maximum Gasteiger partial charge on any atom is 0.469 e. The maximum absolute atomic E-state index is 10.7. The number of aliphatic hydroxyl groups excluding tert-OH is 1. The number of hydrogen-bond acceptors (Lipinski definition) is 9. The van der Waals surface area contributed by atoms with Crippen molar-refractivity contribution in [1.29, 1.82) is 0 Å². The fourth-order valence-electron chi connectivity index (χ4n) is 2.27. The molecule has 5 N–H and O–H groups in total. The van der Waals surface area contributed by atoms with Gasteiger partial charge in [-0.1, -0.05) is 0 Å². The Labute approximate surface area is 123 Å². The van der Waals surface area contributed by atoms with E-state index in [4.69, 9.17) is 20.3 Å². The third kappa shape index (κ3) is 2.67. The topological polar surface area (TPSA) is 179 Å². The summed E-state index contributed by atoms with van der Waals surface area (Å²) in [5.41, 5.74) is 6.32.